The second-order valence-corrected chi connectivity index (χ2v) is 8.22. The van der Waals surface area contributed by atoms with Crippen LogP contribution in [0.25, 0.3) is 0 Å². The molecule has 0 bridgehead atoms. The van der Waals surface area contributed by atoms with Crippen molar-refractivity contribution in [3.8, 4) is 0 Å². The minimum atomic E-state index is 0.00454. The summed E-state index contributed by atoms with van der Waals surface area (Å²) in [4.78, 5) is 14.6. The molecular weight excluding hydrogens is 332 g/mol. The molecule has 3 N–H and O–H groups in total. The van der Waals surface area contributed by atoms with Crippen molar-refractivity contribution in [1.82, 2.24) is 25.1 Å². The van der Waals surface area contributed by atoms with Gasteiger partial charge in [-0.3, -0.25) is 0 Å². The molecule has 0 aliphatic heterocycles. The Hall–Kier alpha value is -1.68. The van der Waals surface area contributed by atoms with Crippen LogP contribution in [0.3, 0.4) is 0 Å². The van der Waals surface area contributed by atoms with Crippen molar-refractivity contribution in [2.24, 2.45) is 5.92 Å². The fourth-order valence-electron chi connectivity index (χ4n) is 1.60. The van der Waals surface area contributed by atoms with Gasteiger partial charge < -0.3 is 16.0 Å². The summed E-state index contributed by atoms with van der Waals surface area (Å²) in [6.07, 6.45) is 0. The SMILES string of the molecule is CC(C)CNc1nnc(SC(C)c2nc(N)nc(N(C)C)n2)s1. The van der Waals surface area contributed by atoms with E-state index in [0.29, 0.717) is 17.7 Å². The second-order valence-electron chi connectivity index (χ2n) is 5.65. The minimum absolute atomic E-state index is 0.00454. The van der Waals surface area contributed by atoms with Crippen LogP contribution >= 0.6 is 23.1 Å². The standard InChI is InChI=1S/C13H22N8S2/c1-7(2)6-15-12-19-20-13(23-12)22-8(3)9-16-10(14)18-11(17-9)21(4)5/h7-8H,6H2,1-5H3,(H,15,19)(H2,14,16,17,18). The highest BCUT2D eigenvalue weighted by Gasteiger charge is 2.17. The molecule has 0 radical (unpaired) electrons. The van der Waals surface area contributed by atoms with Gasteiger partial charge in [-0.25, -0.2) is 0 Å². The van der Waals surface area contributed by atoms with Crippen molar-refractivity contribution in [2.45, 2.75) is 30.4 Å². The maximum Gasteiger partial charge on any atom is 0.229 e. The predicted molar refractivity (Wildman–Crippen MR) is 96.1 cm³/mol. The predicted octanol–water partition coefficient (Wildman–Crippen LogP) is 2.29. The maximum atomic E-state index is 5.77. The Bertz CT molecular complexity index is 643. The summed E-state index contributed by atoms with van der Waals surface area (Å²) in [6, 6.07) is 0. The Morgan fingerprint density at radius 1 is 1.17 bits per heavy atom. The Balaban J connectivity index is 2.05. The fourth-order valence-corrected chi connectivity index (χ4v) is 3.55. The molecule has 2 aromatic heterocycles. The summed E-state index contributed by atoms with van der Waals surface area (Å²) in [5.74, 6) is 1.98. The molecule has 0 amide bonds. The Kier molecular flexibility index (Phi) is 5.94. The number of aromatic nitrogens is 5. The number of hydrogen-bond donors (Lipinski definition) is 2. The van der Waals surface area contributed by atoms with Crippen molar-refractivity contribution in [1.29, 1.82) is 0 Å². The van der Waals surface area contributed by atoms with Gasteiger partial charge in [-0.15, -0.1) is 10.2 Å². The van der Waals surface area contributed by atoms with Crippen LogP contribution in [0.15, 0.2) is 4.34 Å². The van der Waals surface area contributed by atoms with Gasteiger partial charge >= 0.3 is 0 Å². The van der Waals surface area contributed by atoms with Gasteiger partial charge in [0.05, 0.1) is 5.25 Å². The highest BCUT2D eigenvalue weighted by atomic mass is 32.2. The molecule has 126 valence electrons. The molecule has 0 spiro atoms. The molecule has 0 aromatic carbocycles. The van der Waals surface area contributed by atoms with Crippen molar-refractivity contribution in [3.05, 3.63) is 5.82 Å². The lowest BCUT2D eigenvalue weighted by molar-refractivity contribution is 0.687. The van der Waals surface area contributed by atoms with Gasteiger partial charge in [0.15, 0.2) is 4.34 Å². The number of nitrogens with one attached hydrogen (secondary N) is 1. The lowest BCUT2D eigenvalue weighted by atomic mass is 10.2. The van der Waals surface area contributed by atoms with E-state index in [4.69, 9.17) is 5.73 Å². The number of hydrogen-bond acceptors (Lipinski definition) is 10. The lowest BCUT2D eigenvalue weighted by Gasteiger charge is -2.13. The van der Waals surface area contributed by atoms with Crippen LogP contribution in [0.1, 0.15) is 31.8 Å². The van der Waals surface area contributed by atoms with Crippen LogP contribution in [0.5, 0.6) is 0 Å². The van der Waals surface area contributed by atoms with Crippen LogP contribution in [-0.2, 0) is 0 Å². The number of nitrogens with zero attached hydrogens (tertiary/aromatic N) is 6. The zero-order valence-corrected chi connectivity index (χ0v) is 15.6. The first-order chi connectivity index (χ1) is 10.8. The van der Waals surface area contributed by atoms with E-state index in [9.17, 15) is 0 Å². The Labute approximate surface area is 144 Å². The zero-order valence-electron chi connectivity index (χ0n) is 13.9. The summed E-state index contributed by atoms with van der Waals surface area (Å²) >= 11 is 3.09. The van der Waals surface area contributed by atoms with Gasteiger partial charge in [-0.05, 0) is 12.8 Å². The molecular formula is C13H22N8S2. The van der Waals surface area contributed by atoms with Crippen molar-refractivity contribution in [3.63, 3.8) is 0 Å². The maximum absolute atomic E-state index is 5.77. The molecule has 23 heavy (non-hydrogen) atoms. The fraction of sp³-hybridized carbons (Fsp3) is 0.615. The zero-order chi connectivity index (χ0) is 17.0. The number of nitrogens with two attached hydrogens (primary N) is 1. The highest BCUT2D eigenvalue weighted by molar-refractivity contribution is 8.01. The number of rotatable bonds is 7. The molecule has 10 heteroatoms. The smallest absolute Gasteiger partial charge is 0.229 e. The molecule has 2 aromatic rings. The molecule has 8 nitrogen and oxygen atoms in total. The molecule has 1 unspecified atom stereocenters. The van der Waals surface area contributed by atoms with Crippen LogP contribution in [0.2, 0.25) is 0 Å². The third-order valence-corrected chi connectivity index (χ3v) is 4.83. The molecule has 0 aliphatic rings. The van der Waals surface area contributed by atoms with Crippen molar-refractivity contribution < 1.29 is 0 Å². The van der Waals surface area contributed by atoms with Crippen LogP contribution in [0, 0.1) is 5.92 Å². The average Bonchev–Trinajstić information content (AvgIpc) is 2.92. The molecule has 2 heterocycles. The van der Waals surface area contributed by atoms with Crippen LogP contribution in [0.4, 0.5) is 17.0 Å². The normalized spacial score (nSPS) is 12.4. The monoisotopic (exact) mass is 354 g/mol. The summed E-state index contributed by atoms with van der Waals surface area (Å²) in [7, 11) is 3.74. The topological polar surface area (TPSA) is 106 Å². The van der Waals surface area contributed by atoms with E-state index in [2.05, 4.69) is 44.3 Å². The summed E-state index contributed by atoms with van der Waals surface area (Å²) in [6.45, 7) is 7.20. The van der Waals surface area contributed by atoms with E-state index in [1.165, 1.54) is 11.3 Å². The van der Waals surface area contributed by atoms with E-state index in [-0.39, 0.29) is 11.2 Å². The van der Waals surface area contributed by atoms with Crippen LogP contribution < -0.4 is 16.0 Å². The van der Waals surface area contributed by atoms with Gasteiger partial charge in [0.1, 0.15) is 5.82 Å². The molecule has 2 rings (SSSR count). The molecule has 0 aliphatic carbocycles. The molecule has 0 saturated heterocycles. The van der Waals surface area contributed by atoms with Crippen LogP contribution in [-0.4, -0.2) is 45.8 Å². The van der Waals surface area contributed by atoms with E-state index in [0.717, 1.165) is 16.0 Å². The lowest BCUT2D eigenvalue weighted by Crippen LogP contribution is -2.16. The molecule has 1 atom stereocenters. The average molecular weight is 355 g/mol. The molecule has 0 saturated carbocycles. The largest absolute Gasteiger partial charge is 0.368 e. The number of nitrogen functional groups attached to an aromatic ring is 1. The second kappa shape index (κ2) is 7.73. The molecule has 0 fully saturated rings. The quantitative estimate of drug-likeness (QED) is 0.724. The van der Waals surface area contributed by atoms with E-state index >= 15 is 0 Å². The third-order valence-electron chi connectivity index (χ3n) is 2.77. The first-order valence-corrected chi connectivity index (χ1v) is 8.97. The van der Waals surface area contributed by atoms with Gasteiger partial charge in [0.2, 0.25) is 17.0 Å². The van der Waals surface area contributed by atoms with Crippen molar-refractivity contribution in [2.75, 3.05) is 36.6 Å². The van der Waals surface area contributed by atoms with E-state index < -0.39 is 0 Å². The first kappa shape index (κ1) is 17.7. The number of anilines is 3. The first-order valence-electron chi connectivity index (χ1n) is 7.28. The van der Waals surface area contributed by atoms with Gasteiger partial charge in [-0.2, -0.15) is 15.0 Å². The highest BCUT2D eigenvalue weighted by Crippen LogP contribution is 2.36. The Morgan fingerprint density at radius 3 is 2.57 bits per heavy atom. The van der Waals surface area contributed by atoms with Crippen molar-refractivity contribution >= 4 is 40.1 Å². The van der Waals surface area contributed by atoms with Gasteiger partial charge in [0, 0.05) is 20.6 Å². The van der Waals surface area contributed by atoms with Gasteiger partial charge in [0.25, 0.3) is 0 Å². The van der Waals surface area contributed by atoms with E-state index in [1.807, 2.05) is 21.0 Å². The summed E-state index contributed by atoms with van der Waals surface area (Å²) in [5, 5.41) is 12.5. The summed E-state index contributed by atoms with van der Waals surface area (Å²) < 4.78 is 0.870. The Morgan fingerprint density at radius 2 is 1.91 bits per heavy atom. The van der Waals surface area contributed by atoms with Gasteiger partial charge in [-0.1, -0.05) is 36.9 Å². The number of thioether (sulfide) groups is 1. The van der Waals surface area contributed by atoms with E-state index in [1.54, 1.807) is 16.7 Å². The minimum Gasteiger partial charge on any atom is -0.368 e. The summed E-state index contributed by atoms with van der Waals surface area (Å²) in [5.41, 5.74) is 5.77. The third kappa shape index (κ3) is 5.17.